The van der Waals surface area contributed by atoms with Crippen LogP contribution in [0.4, 0.5) is 17.3 Å². The first-order valence-corrected chi connectivity index (χ1v) is 10.2. The van der Waals surface area contributed by atoms with Gasteiger partial charge in [-0.1, -0.05) is 12.5 Å². The number of methoxy groups -OCH3 is 2. The van der Waals surface area contributed by atoms with E-state index in [1.807, 2.05) is 18.2 Å². The van der Waals surface area contributed by atoms with Crippen molar-refractivity contribution in [2.45, 2.75) is 25.7 Å². The van der Waals surface area contributed by atoms with Crippen LogP contribution in [0.1, 0.15) is 24.8 Å². The lowest BCUT2D eigenvalue weighted by atomic mass is 10.1. The number of piperidine rings is 1. The van der Waals surface area contributed by atoms with Gasteiger partial charge in [0.1, 0.15) is 12.0 Å². The van der Waals surface area contributed by atoms with Crippen LogP contribution in [-0.4, -0.2) is 61.8 Å². The highest BCUT2D eigenvalue weighted by atomic mass is 16.5. The minimum atomic E-state index is 0.554. The van der Waals surface area contributed by atoms with E-state index in [9.17, 15) is 0 Å². The molecule has 1 aliphatic rings. The lowest BCUT2D eigenvalue weighted by Gasteiger charge is -2.26. The van der Waals surface area contributed by atoms with Crippen LogP contribution in [0.15, 0.2) is 24.5 Å². The van der Waals surface area contributed by atoms with Crippen molar-refractivity contribution in [3.05, 3.63) is 30.1 Å². The van der Waals surface area contributed by atoms with Crippen molar-refractivity contribution < 1.29 is 9.47 Å². The number of ether oxygens (including phenoxy) is 2. The van der Waals surface area contributed by atoms with Crippen LogP contribution in [0.25, 0.3) is 0 Å². The molecule has 4 N–H and O–H groups in total. The number of nitrogens with zero attached hydrogens (tertiary/aromatic N) is 3. The fourth-order valence-corrected chi connectivity index (χ4v) is 3.55. The maximum atomic E-state index is 6.27. The van der Waals surface area contributed by atoms with Gasteiger partial charge in [-0.25, -0.2) is 9.97 Å². The first-order valence-electron chi connectivity index (χ1n) is 10.2. The van der Waals surface area contributed by atoms with Crippen molar-refractivity contribution in [3.8, 4) is 11.5 Å². The summed E-state index contributed by atoms with van der Waals surface area (Å²) in [6, 6.07) is 5.93. The number of nitrogens with two attached hydrogens (primary N) is 1. The second-order valence-corrected chi connectivity index (χ2v) is 7.18. The average Bonchev–Trinajstić information content (AvgIpc) is 2.76. The van der Waals surface area contributed by atoms with Crippen LogP contribution in [0.3, 0.4) is 0 Å². The molecule has 0 amide bonds. The summed E-state index contributed by atoms with van der Waals surface area (Å²) in [6.45, 7) is 4.90. The van der Waals surface area contributed by atoms with Crippen molar-refractivity contribution in [1.29, 1.82) is 0 Å². The fraction of sp³-hybridized carbons (Fsp3) is 0.524. The Balaban J connectivity index is 1.50. The number of likely N-dealkylation sites (tertiary alicyclic amines) is 1. The van der Waals surface area contributed by atoms with Crippen LogP contribution in [0.2, 0.25) is 0 Å². The summed E-state index contributed by atoms with van der Waals surface area (Å²) in [5.74, 6) is 2.79. The van der Waals surface area contributed by atoms with Crippen LogP contribution in [0, 0.1) is 0 Å². The molecule has 2 aromatic rings. The molecule has 2 heterocycles. The highest BCUT2D eigenvalue weighted by molar-refractivity contribution is 5.73. The van der Waals surface area contributed by atoms with Crippen LogP contribution < -0.4 is 25.8 Å². The first kappa shape index (κ1) is 21.0. The highest BCUT2D eigenvalue weighted by Crippen LogP contribution is 2.28. The minimum Gasteiger partial charge on any atom is -0.493 e. The van der Waals surface area contributed by atoms with E-state index in [0.29, 0.717) is 23.9 Å². The van der Waals surface area contributed by atoms with Gasteiger partial charge in [-0.05, 0) is 50.0 Å². The zero-order valence-corrected chi connectivity index (χ0v) is 17.4. The zero-order chi connectivity index (χ0) is 20.5. The molecule has 0 radical (unpaired) electrons. The summed E-state index contributed by atoms with van der Waals surface area (Å²) < 4.78 is 10.6. The molecule has 0 saturated carbocycles. The standard InChI is InChI=1S/C21H32N6O2/c1-28-17-7-6-16(14-18(17)29-2)8-9-23-20-19(22)21(26-15-25-20)24-10-13-27-11-4-3-5-12-27/h6-7,14-15H,3-5,8-13,22H2,1-2H3,(H2,23,24,25,26). The molecular formula is C21H32N6O2. The Labute approximate surface area is 172 Å². The topological polar surface area (TPSA) is 97.6 Å². The number of anilines is 3. The third-order valence-electron chi connectivity index (χ3n) is 5.21. The van der Waals surface area contributed by atoms with Gasteiger partial charge in [-0.2, -0.15) is 0 Å². The van der Waals surface area contributed by atoms with Gasteiger partial charge in [0.15, 0.2) is 23.1 Å². The van der Waals surface area contributed by atoms with Crippen LogP contribution in [0.5, 0.6) is 11.5 Å². The molecule has 0 spiro atoms. The summed E-state index contributed by atoms with van der Waals surface area (Å²) in [5.41, 5.74) is 7.96. The first-order chi connectivity index (χ1) is 14.2. The third kappa shape index (κ3) is 5.87. The number of nitrogen functional groups attached to an aromatic ring is 1. The predicted molar refractivity (Wildman–Crippen MR) is 117 cm³/mol. The molecule has 3 rings (SSSR count). The Morgan fingerprint density at radius 1 is 0.966 bits per heavy atom. The van der Waals surface area contributed by atoms with Gasteiger partial charge in [0, 0.05) is 19.6 Å². The number of hydrogen-bond acceptors (Lipinski definition) is 8. The Morgan fingerprint density at radius 2 is 1.66 bits per heavy atom. The Kier molecular flexibility index (Phi) is 7.75. The van der Waals surface area contributed by atoms with E-state index in [-0.39, 0.29) is 0 Å². The van der Waals surface area contributed by atoms with Gasteiger partial charge in [0.25, 0.3) is 0 Å². The van der Waals surface area contributed by atoms with Crippen molar-refractivity contribution in [2.24, 2.45) is 0 Å². The van der Waals surface area contributed by atoms with E-state index >= 15 is 0 Å². The molecule has 1 aliphatic heterocycles. The Hall–Kier alpha value is -2.74. The molecule has 0 aliphatic carbocycles. The molecule has 0 atom stereocenters. The normalized spacial score (nSPS) is 14.4. The van der Waals surface area contributed by atoms with Crippen LogP contribution >= 0.6 is 0 Å². The van der Waals surface area contributed by atoms with Gasteiger partial charge in [0.2, 0.25) is 0 Å². The maximum absolute atomic E-state index is 6.27. The predicted octanol–water partition coefficient (Wildman–Crippen LogP) is 2.63. The van der Waals surface area contributed by atoms with Gasteiger partial charge in [-0.3, -0.25) is 0 Å². The molecular weight excluding hydrogens is 368 g/mol. The number of aromatic nitrogens is 2. The van der Waals surface area contributed by atoms with Crippen LogP contribution in [-0.2, 0) is 6.42 Å². The molecule has 29 heavy (non-hydrogen) atoms. The van der Waals surface area contributed by atoms with Gasteiger partial charge >= 0.3 is 0 Å². The van der Waals surface area contributed by atoms with E-state index in [0.717, 1.165) is 36.6 Å². The van der Waals surface area contributed by atoms with E-state index in [2.05, 4.69) is 25.5 Å². The quantitative estimate of drug-likeness (QED) is 0.560. The van der Waals surface area contributed by atoms with E-state index in [4.69, 9.17) is 15.2 Å². The van der Waals surface area contributed by atoms with E-state index in [1.54, 1.807) is 20.5 Å². The van der Waals surface area contributed by atoms with Gasteiger partial charge in [0.05, 0.1) is 14.2 Å². The van der Waals surface area contributed by atoms with Crippen molar-refractivity contribution in [1.82, 2.24) is 14.9 Å². The molecule has 8 nitrogen and oxygen atoms in total. The average molecular weight is 401 g/mol. The molecule has 158 valence electrons. The summed E-state index contributed by atoms with van der Waals surface area (Å²) in [4.78, 5) is 11.1. The van der Waals surface area contributed by atoms with Gasteiger partial charge in [-0.15, -0.1) is 0 Å². The van der Waals surface area contributed by atoms with E-state index in [1.165, 1.54) is 32.4 Å². The second-order valence-electron chi connectivity index (χ2n) is 7.18. The minimum absolute atomic E-state index is 0.554. The smallest absolute Gasteiger partial charge is 0.160 e. The Bertz CT molecular complexity index is 780. The lowest BCUT2D eigenvalue weighted by molar-refractivity contribution is 0.237. The highest BCUT2D eigenvalue weighted by Gasteiger charge is 2.11. The Morgan fingerprint density at radius 3 is 2.34 bits per heavy atom. The van der Waals surface area contributed by atoms with Crippen molar-refractivity contribution in [2.75, 3.05) is 63.3 Å². The summed E-state index contributed by atoms with van der Waals surface area (Å²) in [5, 5.41) is 6.66. The monoisotopic (exact) mass is 400 g/mol. The van der Waals surface area contributed by atoms with Crippen molar-refractivity contribution >= 4 is 17.3 Å². The fourth-order valence-electron chi connectivity index (χ4n) is 3.55. The molecule has 1 aromatic carbocycles. The molecule has 1 fully saturated rings. The second kappa shape index (κ2) is 10.7. The number of hydrogen-bond donors (Lipinski definition) is 3. The van der Waals surface area contributed by atoms with E-state index < -0.39 is 0 Å². The molecule has 1 aromatic heterocycles. The number of nitrogens with one attached hydrogen (secondary N) is 2. The summed E-state index contributed by atoms with van der Waals surface area (Å²) in [6.07, 6.45) is 6.29. The number of benzene rings is 1. The maximum Gasteiger partial charge on any atom is 0.160 e. The lowest BCUT2D eigenvalue weighted by Crippen LogP contribution is -2.33. The molecule has 1 saturated heterocycles. The summed E-state index contributed by atoms with van der Waals surface area (Å²) >= 11 is 0. The zero-order valence-electron chi connectivity index (χ0n) is 17.4. The number of rotatable bonds is 10. The van der Waals surface area contributed by atoms with Gasteiger partial charge < -0.3 is 30.7 Å². The molecule has 0 unspecified atom stereocenters. The SMILES string of the molecule is COc1ccc(CCNc2ncnc(NCCN3CCCCC3)c2N)cc1OC. The molecule has 0 bridgehead atoms. The van der Waals surface area contributed by atoms with Crippen molar-refractivity contribution in [3.63, 3.8) is 0 Å². The molecule has 8 heteroatoms. The third-order valence-corrected chi connectivity index (χ3v) is 5.21. The largest absolute Gasteiger partial charge is 0.493 e. The summed E-state index contributed by atoms with van der Waals surface area (Å²) in [7, 11) is 3.27.